The topological polar surface area (TPSA) is 84.7 Å². The lowest BCUT2D eigenvalue weighted by molar-refractivity contribution is 0.0600. The maximum absolute atomic E-state index is 12.3. The Balaban J connectivity index is 1.44. The van der Waals surface area contributed by atoms with E-state index in [-0.39, 0.29) is 17.5 Å². The van der Waals surface area contributed by atoms with Crippen molar-refractivity contribution in [3.8, 4) is 0 Å². The summed E-state index contributed by atoms with van der Waals surface area (Å²) in [6.45, 7) is 1.70. The average Bonchev–Trinajstić information content (AvgIpc) is 3.22. The Kier molecular flexibility index (Phi) is 3.78. The van der Waals surface area contributed by atoms with Crippen molar-refractivity contribution >= 4 is 11.8 Å². The molecule has 1 aromatic heterocycles. The lowest BCUT2D eigenvalue weighted by Crippen LogP contribution is -2.42. The molecule has 24 heavy (non-hydrogen) atoms. The van der Waals surface area contributed by atoms with Gasteiger partial charge in [-0.1, -0.05) is 18.2 Å². The second-order valence-electron chi connectivity index (χ2n) is 5.95. The fourth-order valence-electron chi connectivity index (χ4n) is 3.05. The summed E-state index contributed by atoms with van der Waals surface area (Å²) < 4.78 is 10.8. The fourth-order valence-corrected chi connectivity index (χ4v) is 3.05. The monoisotopic (exact) mass is 327 g/mol. The molecule has 2 aromatic rings. The molecule has 0 spiro atoms. The Morgan fingerprint density at radius 3 is 2.83 bits per heavy atom. The number of aromatic nitrogens is 1. The highest BCUT2D eigenvalue weighted by Gasteiger charge is 2.29. The third-order valence-corrected chi connectivity index (χ3v) is 4.38. The van der Waals surface area contributed by atoms with E-state index in [0.29, 0.717) is 31.2 Å². The Morgan fingerprint density at radius 2 is 2.04 bits per heavy atom. The summed E-state index contributed by atoms with van der Waals surface area (Å²) in [5.41, 5.74) is 4.29. The molecule has 7 heteroatoms. The minimum atomic E-state index is -0.446. The lowest BCUT2D eigenvalue weighted by atomic mass is 10.0. The number of benzene rings is 1. The summed E-state index contributed by atoms with van der Waals surface area (Å²) in [6, 6.07) is 7.30. The minimum absolute atomic E-state index is 0.179. The van der Waals surface area contributed by atoms with Crippen LogP contribution in [0.4, 0.5) is 0 Å². The molecule has 1 fully saturated rings. The molecule has 3 heterocycles. The third kappa shape index (κ3) is 2.67. The first kappa shape index (κ1) is 14.9. The Hall–Kier alpha value is -2.67. The largest absolute Gasteiger partial charge is 0.448 e. The summed E-state index contributed by atoms with van der Waals surface area (Å²) in [4.78, 5) is 28.9. The van der Waals surface area contributed by atoms with E-state index in [2.05, 4.69) is 10.4 Å². The third-order valence-electron chi connectivity index (χ3n) is 4.38. The van der Waals surface area contributed by atoms with Crippen LogP contribution in [-0.2, 0) is 11.3 Å². The summed E-state index contributed by atoms with van der Waals surface area (Å²) in [6.07, 6.45) is 3.01. The minimum Gasteiger partial charge on any atom is -0.448 e. The van der Waals surface area contributed by atoms with Gasteiger partial charge in [-0.15, -0.1) is 0 Å². The normalized spacial score (nSPS) is 17.8. The molecule has 1 N–H and O–H groups in total. The molecule has 2 aliphatic heterocycles. The van der Waals surface area contributed by atoms with Crippen LogP contribution in [0.3, 0.4) is 0 Å². The Bertz CT molecular complexity index is 780. The number of hydrogen-bond acceptors (Lipinski definition) is 5. The molecule has 0 saturated carbocycles. The second kappa shape index (κ2) is 6.09. The van der Waals surface area contributed by atoms with Crippen molar-refractivity contribution in [2.45, 2.75) is 25.3 Å². The van der Waals surface area contributed by atoms with Gasteiger partial charge in [0.15, 0.2) is 11.6 Å². The number of carbonyl (C=O) groups is 2. The smallest absolute Gasteiger partial charge is 0.291 e. The lowest BCUT2D eigenvalue weighted by Gasteiger charge is -2.18. The van der Waals surface area contributed by atoms with Crippen LogP contribution in [0.25, 0.3) is 0 Å². The molecule has 1 saturated heterocycles. The van der Waals surface area contributed by atoms with Crippen molar-refractivity contribution in [3.63, 3.8) is 0 Å². The summed E-state index contributed by atoms with van der Waals surface area (Å²) in [7, 11) is 0. The SMILES string of the molecule is O=C(NN1Cc2ccccc2C1=O)c1coc(C2CCOCC2)n1. The molecule has 0 aliphatic carbocycles. The number of nitrogens with one attached hydrogen (secondary N) is 1. The highest BCUT2D eigenvalue weighted by atomic mass is 16.5. The van der Waals surface area contributed by atoms with Crippen molar-refractivity contribution in [1.82, 2.24) is 15.4 Å². The van der Waals surface area contributed by atoms with Crippen LogP contribution in [0.2, 0.25) is 0 Å². The van der Waals surface area contributed by atoms with Crippen molar-refractivity contribution < 1.29 is 18.7 Å². The van der Waals surface area contributed by atoms with Gasteiger partial charge in [-0.3, -0.25) is 15.0 Å². The summed E-state index contributed by atoms with van der Waals surface area (Å²) in [5, 5.41) is 1.30. The predicted octanol–water partition coefficient (Wildman–Crippen LogP) is 1.87. The first-order valence-corrected chi connectivity index (χ1v) is 7.96. The van der Waals surface area contributed by atoms with E-state index in [1.807, 2.05) is 12.1 Å². The number of ether oxygens (including phenoxy) is 1. The van der Waals surface area contributed by atoms with Crippen LogP contribution in [0.1, 0.15) is 51.1 Å². The molecule has 0 atom stereocenters. The van der Waals surface area contributed by atoms with Crippen molar-refractivity contribution in [1.29, 1.82) is 0 Å². The molecule has 2 aliphatic rings. The molecular formula is C17H17N3O4. The van der Waals surface area contributed by atoms with Crippen LogP contribution in [0.15, 0.2) is 34.9 Å². The van der Waals surface area contributed by atoms with Gasteiger partial charge in [-0.2, -0.15) is 0 Å². The number of rotatable bonds is 3. The van der Waals surface area contributed by atoms with Gasteiger partial charge in [0, 0.05) is 24.7 Å². The van der Waals surface area contributed by atoms with E-state index >= 15 is 0 Å². The zero-order valence-corrected chi connectivity index (χ0v) is 13.0. The fraction of sp³-hybridized carbons (Fsp3) is 0.353. The first-order chi connectivity index (χ1) is 11.7. The van der Waals surface area contributed by atoms with Gasteiger partial charge in [-0.25, -0.2) is 9.99 Å². The Morgan fingerprint density at radius 1 is 1.25 bits per heavy atom. The van der Waals surface area contributed by atoms with E-state index in [4.69, 9.17) is 9.15 Å². The average molecular weight is 327 g/mol. The zero-order valence-electron chi connectivity index (χ0n) is 13.0. The molecular weight excluding hydrogens is 310 g/mol. The first-order valence-electron chi connectivity index (χ1n) is 7.96. The van der Waals surface area contributed by atoms with Crippen LogP contribution >= 0.6 is 0 Å². The standard InChI is InChI=1S/C17H17N3O4/c21-15(14-10-24-16(18-14)11-5-7-23-8-6-11)19-20-9-12-3-1-2-4-13(12)17(20)22/h1-4,10-11H,5-9H2,(H,19,21). The number of hydrogen-bond donors (Lipinski definition) is 1. The maximum atomic E-state index is 12.3. The van der Waals surface area contributed by atoms with E-state index in [9.17, 15) is 9.59 Å². The molecule has 1 aromatic carbocycles. The van der Waals surface area contributed by atoms with Gasteiger partial charge in [0.2, 0.25) is 0 Å². The summed E-state index contributed by atoms with van der Waals surface area (Å²) >= 11 is 0. The van der Waals surface area contributed by atoms with E-state index in [1.165, 1.54) is 11.3 Å². The number of amides is 2. The highest BCUT2D eigenvalue weighted by Crippen LogP contribution is 2.26. The van der Waals surface area contributed by atoms with Crippen molar-refractivity contribution in [3.05, 3.63) is 53.2 Å². The van der Waals surface area contributed by atoms with Crippen molar-refractivity contribution in [2.75, 3.05) is 13.2 Å². The van der Waals surface area contributed by atoms with Crippen LogP contribution in [0, 0.1) is 0 Å². The molecule has 4 rings (SSSR count). The van der Waals surface area contributed by atoms with Gasteiger partial charge >= 0.3 is 0 Å². The predicted molar refractivity (Wildman–Crippen MR) is 83.1 cm³/mol. The maximum Gasteiger partial charge on any atom is 0.291 e. The van der Waals surface area contributed by atoms with Crippen molar-refractivity contribution in [2.24, 2.45) is 0 Å². The highest BCUT2D eigenvalue weighted by molar-refractivity contribution is 6.01. The van der Waals surface area contributed by atoms with Gasteiger partial charge in [0.05, 0.1) is 6.54 Å². The van der Waals surface area contributed by atoms with E-state index in [1.54, 1.807) is 12.1 Å². The van der Waals surface area contributed by atoms with Crippen LogP contribution in [-0.4, -0.2) is 35.0 Å². The van der Waals surface area contributed by atoms with Gasteiger partial charge in [-0.05, 0) is 24.5 Å². The van der Waals surface area contributed by atoms with Crippen LogP contribution < -0.4 is 5.43 Å². The Labute approximate surface area is 138 Å². The van der Waals surface area contributed by atoms with Gasteiger partial charge in [0.1, 0.15) is 6.26 Å². The second-order valence-corrected chi connectivity index (χ2v) is 5.95. The number of oxazole rings is 1. The van der Waals surface area contributed by atoms with Crippen LogP contribution in [0.5, 0.6) is 0 Å². The number of carbonyl (C=O) groups excluding carboxylic acids is 2. The van der Waals surface area contributed by atoms with E-state index < -0.39 is 5.91 Å². The molecule has 124 valence electrons. The van der Waals surface area contributed by atoms with Gasteiger partial charge in [0.25, 0.3) is 11.8 Å². The molecule has 0 bridgehead atoms. The molecule has 0 unspecified atom stereocenters. The number of fused-ring (bicyclic) bond motifs is 1. The summed E-state index contributed by atoms with van der Waals surface area (Å²) in [5.74, 6) is 0.0720. The molecule has 0 radical (unpaired) electrons. The number of nitrogens with zero attached hydrogens (tertiary/aromatic N) is 2. The van der Waals surface area contributed by atoms with E-state index in [0.717, 1.165) is 18.4 Å². The van der Waals surface area contributed by atoms with Gasteiger partial charge < -0.3 is 9.15 Å². The molecule has 7 nitrogen and oxygen atoms in total. The zero-order chi connectivity index (χ0) is 16.5. The molecule has 2 amide bonds. The quantitative estimate of drug-likeness (QED) is 0.930. The number of hydrazine groups is 1.